The topological polar surface area (TPSA) is 105 Å². The SMILES string of the molecule is CC.C\C=C(CC(=O)Nc1nc(C)cs1)/C(N)=C\C=C(/C)SC(=N)Sc1ccccn1. The second kappa shape index (κ2) is 14.6. The Bertz CT molecular complexity index is 949. The van der Waals surface area contributed by atoms with Gasteiger partial charge in [0.15, 0.2) is 5.13 Å². The van der Waals surface area contributed by atoms with Crippen molar-refractivity contribution in [1.29, 1.82) is 5.41 Å². The average molecular weight is 476 g/mol. The maximum atomic E-state index is 12.2. The van der Waals surface area contributed by atoms with Crippen LogP contribution in [0.15, 0.2) is 69.2 Å². The number of nitrogens with two attached hydrogens (primary N) is 1. The van der Waals surface area contributed by atoms with Gasteiger partial charge in [-0.15, -0.1) is 11.3 Å². The third-order valence-electron chi connectivity index (χ3n) is 3.52. The summed E-state index contributed by atoms with van der Waals surface area (Å²) in [5.74, 6) is -0.160. The summed E-state index contributed by atoms with van der Waals surface area (Å²) < 4.78 is 0.425. The summed E-state index contributed by atoms with van der Waals surface area (Å²) in [7, 11) is 0. The molecule has 0 fully saturated rings. The number of anilines is 1. The molecule has 0 atom stereocenters. The number of rotatable bonds is 7. The number of thiazole rings is 1. The maximum Gasteiger partial charge on any atom is 0.230 e. The monoisotopic (exact) mass is 475 g/mol. The van der Waals surface area contributed by atoms with Crippen LogP contribution in [0.3, 0.4) is 0 Å². The van der Waals surface area contributed by atoms with Crippen LogP contribution >= 0.6 is 34.9 Å². The van der Waals surface area contributed by atoms with E-state index in [1.807, 2.05) is 70.3 Å². The molecule has 2 aromatic heterocycles. The molecule has 0 unspecified atom stereocenters. The number of amides is 1. The van der Waals surface area contributed by atoms with Crippen molar-refractivity contribution in [3.05, 3.63) is 69.9 Å². The van der Waals surface area contributed by atoms with E-state index < -0.39 is 0 Å². The number of nitrogens with one attached hydrogen (secondary N) is 2. The van der Waals surface area contributed by atoms with E-state index in [1.54, 1.807) is 12.3 Å². The van der Waals surface area contributed by atoms with Crippen molar-refractivity contribution in [3.8, 4) is 0 Å². The van der Waals surface area contributed by atoms with E-state index >= 15 is 0 Å². The first-order valence-corrected chi connectivity index (χ1v) is 12.3. The van der Waals surface area contributed by atoms with Crippen LogP contribution in [0.1, 0.15) is 39.8 Å². The van der Waals surface area contributed by atoms with Crippen molar-refractivity contribution in [3.63, 3.8) is 0 Å². The van der Waals surface area contributed by atoms with E-state index in [2.05, 4.69) is 15.3 Å². The molecule has 2 heterocycles. The van der Waals surface area contributed by atoms with E-state index in [0.29, 0.717) is 15.2 Å². The minimum atomic E-state index is -0.160. The van der Waals surface area contributed by atoms with Gasteiger partial charge in [-0.05, 0) is 61.2 Å². The Morgan fingerprint density at radius 2 is 2.06 bits per heavy atom. The van der Waals surface area contributed by atoms with Crippen LogP contribution in [0.4, 0.5) is 5.13 Å². The summed E-state index contributed by atoms with van der Waals surface area (Å²) in [6.07, 6.45) is 7.31. The highest BCUT2D eigenvalue weighted by Crippen LogP contribution is 2.28. The summed E-state index contributed by atoms with van der Waals surface area (Å²) >= 11 is 4.03. The Hall–Kier alpha value is -2.36. The first-order valence-electron chi connectivity index (χ1n) is 9.74. The van der Waals surface area contributed by atoms with Crippen LogP contribution in [-0.2, 0) is 4.79 Å². The molecule has 0 aliphatic rings. The van der Waals surface area contributed by atoms with Gasteiger partial charge in [0.1, 0.15) is 9.40 Å². The summed E-state index contributed by atoms with van der Waals surface area (Å²) in [5, 5.41) is 14.1. The molecule has 1 amide bonds. The zero-order valence-corrected chi connectivity index (χ0v) is 20.9. The van der Waals surface area contributed by atoms with Crippen LogP contribution in [0.25, 0.3) is 0 Å². The highest BCUT2D eigenvalue weighted by atomic mass is 32.2. The first kappa shape index (κ1) is 26.7. The van der Waals surface area contributed by atoms with Crippen molar-refractivity contribution in [2.45, 2.75) is 46.1 Å². The lowest BCUT2D eigenvalue weighted by Crippen LogP contribution is -2.14. The molecule has 0 radical (unpaired) electrons. The van der Waals surface area contributed by atoms with Gasteiger partial charge in [0.25, 0.3) is 0 Å². The zero-order chi connectivity index (χ0) is 23.2. The number of carbonyl (C=O) groups excluding carboxylic acids is 1. The van der Waals surface area contributed by atoms with E-state index in [0.717, 1.165) is 21.2 Å². The van der Waals surface area contributed by atoms with Crippen LogP contribution < -0.4 is 11.1 Å². The molecule has 0 saturated carbocycles. The van der Waals surface area contributed by atoms with E-state index in [1.165, 1.54) is 34.9 Å². The molecule has 0 spiro atoms. The molecule has 0 saturated heterocycles. The molecule has 6 nitrogen and oxygen atoms in total. The van der Waals surface area contributed by atoms with Crippen molar-refractivity contribution in [1.82, 2.24) is 9.97 Å². The van der Waals surface area contributed by atoms with Gasteiger partial charge >= 0.3 is 0 Å². The van der Waals surface area contributed by atoms with Gasteiger partial charge in [-0.3, -0.25) is 10.2 Å². The first-order chi connectivity index (χ1) is 14.9. The van der Waals surface area contributed by atoms with Gasteiger partial charge in [0.05, 0.1) is 12.1 Å². The second-order valence-electron chi connectivity index (χ2n) is 5.89. The number of hydrogen-bond acceptors (Lipinski definition) is 8. The van der Waals surface area contributed by atoms with E-state index in [4.69, 9.17) is 11.1 Å². The Balaban J connectivity index is 0.00000233. The average Bonchev–Trinajstić information content (AvgIpc) is 3.16. The molecule has 0 aliphatic heterocycles. The molecule has 9 heteroatoms. The Labute approximate surface area is 197 Å². The Morgan fingerprint density at radius 3 is 2.65 bits per heavy atom. The van der Waals surface area contributed by atoms with Gasteiger partial charge in [0.2, 0.25) is 5.91 Å². The molecular weight excluding hydrogens is 446 g/mol. The van der Waals surface area contributed by atoms with Crippen molar-refractivity contribution >= 4 is 50.3 Å². The number of carbonyl (C=O) groups is 1. The molecule has 4 N–H and O–H groups in total. The predicted octanol–water partition coefficient (Wildman–Crippen LogP) is 6.35. The zero-order valence-electron chi connectivity index (χ0n) is 18.4. The number of allylic oxidation sites excluding steroid dienone is 5. The molecule has 0 aliphatic carbocycles. The fourth-order valence-corrected chi connectivity index (χ4v) is 4.54. The summed E-state index contributed by atoms with van der Waals surface area (Å²) in [6, 6.07) is 5.60. The van der Waals surface area contributed by atoms with Crippen LogP contribution in [-0.4, -0.2) is 20.3 Å². The molecule has 166 valence electrons. The number of aryl methyl sites for hydroxylation is 1. The van der Waals surface area contributed by atoms with Crippen LogP contribution in [0.2, 0.25) is 0 Å². The molecule has 0 bridgehead atoms. The second-order valence-corrected chi connectivity index (χ2v) is 9.30. The largest absolute Gasteiger partial charge is 0.399 e. The van der Waals surface area contributed by atoms with Gasteiger partial charge in [0, 0.05) is 17.3 Å². The number of pyridine rings is 1. The normalized spacial score (nSPS) is 12.1. The van der Waals surface area contributed by atoms with E-state index in [9.17, 15) is 4.79 Å². The number of nitrogens with zero attached hydrogens (tertiary/aromatic N) is 2. The van der Waals surface area contributed by atoms with Crippen LogP contribution in [0.5, 0.6) is 0 Å². The number of hydrogen-bond donors (Lipinski definition) is 3. The van der Waals surface area contributed by atoms with Gasteiger partial charge < -0.3 is 11.1 Å². The maximum absolute atomic E-state index is 12.2. The molecular formula is C22H29N5OS3. The van der Waals surface area contributed by atoms with Crippen molar-refractivity contribution < 1.29 is 4.79 Å². The summed E-state index contributed by atoms with van der Waals surface area (Å²) in [6.45, 7) is 9.64. The Kier molecular flexibility index (Phi) is 12.6. The third-order valence-corrected chi connectivity index (χ3v) is 6.18. The van der Waals surface area contributed by atoms with Gasteiger partial charge in [-0.2, -0.15) is 0 Å². The minimum Gasteiger partial charge on any atom is -0.399 e. The predicted molar refractivity (Wildman–Crippen MR) is 137 cm³/mol. The molecule has 2 aromatic rings. The van der Waals surface area contributed by atoms with E-state index in [-0.39, 0.29) is 12.3 Å². The molecule has 31 heavy (non-hydrogen) atoms. The number of thioether (sulfide) groups is 2. The van der Waals surface area contributed by atoms with Crippen LogP contribution in [0, 0.1) is 12.3 Å². The third kappa shape index (κ3) is 10.5. The molecule has 2 rings (SSSR count). The fraction of sp³-hybridized carbons (Fsp3) is 0.273. The smallest absolute Gasteiger partial charge is 0.230 e. The lowest BCUT2D eigenvalue weighted by atomic mass is 10.1. The fourth-order valence-electron chi connectivity index (χ4n) is 2.14. The minimum absolute atomic E-state index is 0.160. The number of aromatic nitrogens is 2. The van der Waals surface area contributed by atoms with Gasteiger partial charge in [-0.25, -0.2) is 9.97 Å². The highest BCUT2D eigenvalue weighted by Gasteiger charge is 2.10. The van der Waals surface area contributed by atoms with Gasteiger partial charge in [-0.1, -0.05) is 43.8 Å². The summed E-state index contributed by atoms with van der Waals surface area (Å²) in [4.78, 5) is 21.6. The molecule has 0 aromatic carbocycles. The lowest BCUT2D eigenvalue weighted by Gasteiger charge is -2.07. The highest BCUT2D eigenvalue weighted by molar-refractivity contribution is 8.40. The standard InChI is InChI=1S/C20H23N5OS3.C2H6/c1-4-15(11-17(26)25-20-24-13(2)12-27-20)16(21)9-8-14(3)28-19(22)29-18-7-5-6-10-23-18;1-2/h4-10,12,22H,11,21H2,1-3H3,(H,24,25,26);1-2H3/b14-8+,15-4-,16-9+,22-19?;. The quantitative estimate of drug-likeness (QED) is 0.186. The summed E-state index contributed by atoms with van der Waals surface area (Å²) in [5.41, 5.74) is 8.28. The lowest BCUT2D eigenvalue weighted by molar-refractivity contribution is -0.115. The van der Waals surface area contributed by atoms with Crippen molar-refractivity contribution in [2.24, 2.45) is 5.73 Å². The van der Waals surface area contributed by atoms with Crippen molar-refractivity contribution in [2.75, 3.05) is 5.32 Å². The Morgan fingerprint density at radius 1 is 1.32 bits per heavy atom.